The van der Waals surface area contributed by atoms with E-state index in [4.69, 9.17) is 0 Å². The molecule has 0 bridgehead atoms. The Balaban J connectivity index is 2.50. The second kappa shape index (κ2) is 6.34. The molecule has 18 heavy (non-hydrogen) atoms. The van der Waals surface area contributed by atoms with Crippen LogP contribution in [0.1, 0.15) is 40.3 Å². The fraction of sp³-hybridized carbons (Fsp3) is 0.786. The number of nitrogens with one attached hydrogen (secondary N) is 1. The van der Waals surface area contributed by atoms with Gasteiger partial charge in [0.1, 0.15) is 0 Å². The summed E-state index contributed by atoms with van der Waals surface area (Å²) in [6.07, 6.45) is 3.88. The van der Waals surface area contributed by atoms with Crippen molar-refractivity contribution >= 4 is 0 Å². The highest BCUT2D eigenvalue weighted by atomic mass is 15.2. The summed E-state index contributed by atoms with van der Waals surface area (Å²) in [5.74, 6) is 0. The summed E-state index contributed by atoms with van der Waals surface area (Å²) in [4.78, 5) is 6.60. The monoisotopic (exact) mass is 252 g/mol. The summed E-state index contributed by atoms with van der Waals surface area (Å²) in [7, 11) is 2.16. The average molecular weight is 252 g/mol. The number of hydrogen-bond acceptors (Lipinski definition) is 3. The molecule has 0 aliphatic rings. The van der Waals surface area contributed by atoms with E-state index in [2.05, 4.69) is 61.4 Å². The number of hydrogen-bond donors (Lipinski definition) is 1. The van der Waals surface area contributed by atoms with Gasteiger partial charge in [0.25, 0.3) is 0 Å². The van der Waals surface area contributed by atoms with Gasteiger partial charge < -0.3 is 14.8 Å². The highest BCUT2D eigenvalue weighted by Gasteiger charge is 2.11. The van der Waals surface area contributed by atoms with Crippen LogP contribution >= 0.6 is 0 Å². The largest absolute Gasteiger partial charge is 0.332 e. The minimum absolute atomic E-state index is 0.143. The summed E-state index contributed by atoms with van der Waals surface area (Å²) < 4.78 is 2.23. The SMILES string of the molecule is CC(C)N(C)CCn1cncc1CNC(C)(C)C. The molecule has 104 valence electrons. The maximum atomic E-state index is 4.25. The Labute approximate surface area is 111 Å². The van der Waals surface area contributed by atoms with Crippen LogP contribution in [-0.4, -0.2) is 39.6 Å². The number of rotatable bonds is 6. The van der Waals surface area contributed by atoms with Gasteiger partial charge in [-0.2, -0.15) is 0 Å². The van der Waals surface area contributed by atoms with Gasteiger partial charge in [-0.1, -0.05) is 0 Å². The first-order valence-electron chi connectivity index (χ1n) is 6.74. The van der Waals surface area contributed by atoms with Crippen molar-refractivity contribution < 1.29 is 0 Å². The predicted octanol–water partition coefficient (Wildman–Crippen LogP) is 2.11. The maximum absolute atomic E-state index is 4.25. The molecule has 1 rings (SSSR count). The molecule has 0 spiro atoms. The molecule has 0 aromatic carbocycles. The lowest BCUT2D eigenvalue weighted by Crippen LogP contribution is -2.36. The van der Waals surface area contributed by atoms with Crippen molar-refractivity contribution in [2.24, 2.45) is 0 Å². The summed E-state index contributed by atoms with van der Waals surface area (Å²) >= 11 is 0. The first kappa shape index (κ1) is 15.2. The van der Waals surface area contributed by atoms with Gasteiger partial charge in [-0.25, -0.2) is 4.98 Å². The highest BCUT2D eigenvalue weighted by molar-refractivity contribution is 4.99. The molecular formula is C14H28N4. The Hall–Kier alpha value is -0.870. The standard InChI is InChI=1S/C14H28N4/c1-12(2)17(6)7-8-18-11-15-9-13(18)10-16-14(3,4)5/h9,11-12,16H,7-8,10H2,1-6H3. The summed E-state index contributed by atoms with van der Waals surface area (Å²) in [5, 5.41) is 3.50. The summed E-state index contributed by atoms with van der Waals surface area (Å²) in [5.41, 5.74) is 1.39. The minimum atomic E-state index is 0.143. The zero-order chi connectivity index (χ0) is 13.8. The Morgan fingerprint density at radius 1 is 1.39 bits per heavy atom. The normalized spacial score (nSPS) is 12.7. The fourth-order valence-corrected chi connectivity index (χ4v) is 1.58. The third-order valence-electron chi connectivity index (χ3n) is 3.17. The van der Waals surface area contributed by atoms with E-state index in [1.165, 1.54) is 5.69 Å². The molecule has 0 fully saturated rings. The lowest BCUT2D eigenvalue weighted by Gasteiger charge is -2.23. The highest BCUT2D eigenvalue weighted by Crippen LogP contribution is 2.05. The van der Waals surface area contributed by atoms with Crippen LogP contribution in [0, 0.1) is 0 Å². The van der Waals surface area contributed by atoms with Crippen molar-refractivity contribution in [1.29, 1.82) is 0 Å². The zero-order valence-corrected chi connectivity index (χ0v) is 12.7. The number of likely N-dealkylation sites (N-methyl/N-ethyl adjacent to an activating group) is 1. The van der Waals surface area contributed by atoms with E-state index >= 15 is 0 Å². The first-order valence-corrected chi connectivity index (χ1v) is 6.74. The molecule has 0 saturated carbocycles. The van der Waals surface area contributed by atoms with Gasteiger partial charge >= 0.3 is 0 Å². The molecule has 1 N–H and O–H groups in total. The van der Waals surface area contributed by atoms with E-state index in [9.17, 15) is 0 Å². The molecule has 0 saturated heterocycles. The molecular weight excluding hydrogens is 224 g/mol. The van der Waals surface area contributed by atoms with Crippen molar-refractivity contribution in [2.75, 3.05) is 13.6 Å². The third-order valence-corrected chi connectivity index (χ3v) is 3.17. The van der Waals surface area contributed by atoms with Crippen molar-refractivity contribution in [3.8, 4) is 0 Å². The molecule has 1 heterocycles. The quantitative estimate of drug-likeness (QED) is 0.842. The second-order valence-electron chi connectivity index (χ2n) is 6.26. The zero-order valence-electron chi connectivity index (χ0n) is 12.7. The molecule has 1 aromatic heterocycles. The minimum Gasteiger partial charge on any atom is -0.332 e. The van der Waals surface area contributed by atoms with E-state index < -0.39 is 0 Å². The van der Waals surface area contributed by atoms with Crippen molar-refractivity contribution in [3.05, 3.63) is 18.2 Å². The molecule has 0 amide bonds. The second-order valence-corrected chi connectivity index (χ2v) is 6.26. The summed E-state index contributed by atoms with van der Waals surface area (Å²) in [6, 6.07) is 0.588. The molecule has 1 aromatic rings. The van der Waals surface area contributed by atoms with Crippen molar-refractivity contribution in [3.63, 3.8) is 0 Å². The lowest BCUT2D eigenvalue weighted by atomic mass is 10.1. The van der Waals surface area contributed by atoms with Gasteiger partial charge in [0.2, 0.25) is 0 Å². The maximum Gasteiger partial charge on any atom is 0.0949 e. The van der Waals surface area contributed by atoms with Crippen molar-refractivity contribution in [1.82, 2.24) is 19.8 Å². The average Bonchev–Trinajstić information content (AvgIpc) is 2.69. The van der Waals surface area contributed by atoms with Crippen LogP contribution in [0.25, 0.3) is 0 Å². The lowest BCUT2D eigenvalue weighted by molar-refractivity contribution is 0.261. The van der Waals surface area contributed by atoms with Crippen LogP contribution in [0.4, 0.5) is 0 Å². The van der Waals surface area contributed by atoms with Crippen LogP contribution in [0.5, 0.6) is 0 Å². The van der Waals surface area contributed by atoms with Gasteiger partial charge in [-0.15, -0.1) is 0 Å². The van der Waals surface area contributed by atoms with Gasteiger partial charge in [0.05, 0.1) is 12.0 Å². The number of imidazole rings is 1. The Morgan fingerprint density at radius 2 is 2.06 bits per heavy atom. The van der Waals surface area contributed by atoms with Crippen molar-refractivity contribution in [2.45, 2.75) is 59.3 Å². The van der Waals surface area contributed by atoms with Crippen LogP contribution in [0.2, 0.25) is 0 Å². The van der Waals surface area contributed by atoms with Gasteiger partial charge in [-0.3, -0.25) is 0 Å². The summed E-state index contributed by atoms with van der Waals surface area (Å²) in [6.45, 7) is 13.9. The molecule has 0 unspecified atom stereocenters. The van der Waals surface area contributed by atoms with Crippen LogP contribution in [0.15, 0.2) is 12.5 Å². The molecule has 4 nitrogen and oxygen atoms in total. The van der Waals surface area contributed by atoms with Crippen LogP contribution in [0.3, 0.4) is 0 Å². The Kier molecular flexibility index (Phi) is 5.35. The van der Waals surface area contributed by atoms with E-state index in [0.717, 1.165) is 19.6 Å². The third kappa shape index (κ3) is 5.19. The molecule has 0 radical (unpaired) electrons. The first-order chi connectivity index (χ1) is 8.29. The number of nitrogens with zero attached hydrogens (tertiary/aromatic N) is 3. The van der Waals surface area contributed by atoms with E-state index in [0.29, 0.717) is 6.04 Å². The van der Waals surface area contributed by atoms with E-state index in [1.807, 2.05) is 12.5 Å². The van der Waals surface area contributed by atoms with Gasteiger partial charge in [0, 0.05) is 37.4 Å². The molecule has 0 atom stereocenters. The Bertz CT molecular complexity index is 349. The fourth-order valence-electron chi connectivity index (χ4n) is 1.58. The van der Waals surface area contributed by atoms with Crippen LogP contribution in [-0.2, 0) is 13.1 Å². The van der Waals surface area contributed by atoms with E-state index in [1.54, 1.807) is 0 Å². The predicted molar refractivity (Wildman–Crippen MR) is 76.6 cm³/mol. The topological polar surface area (TPSA) is 33.1 Å². The van der Waals surface area contributed by atoms with E-state index in [-0.39, 0.29) is 5.54 Å². The molecule has 4 heteroatoms. The van der Waals surface area contributed by atoms with Gasteiger partial charge in [-0.05, 0) is 41.7 Å². The van der Waals surface area contributed by atoms with Gasteiger partial charge in [0.15, 0.2) is 0 Å². The van der Waals surface area contributed by atoms with Crippen LogP contribution < -0.4 is 5.32 Å². The Morgan fingerprint density at radius 3 is 2.61 bits per heavy atom. The molecule has 0 aliphatic heterocycles. The molecule has 0 aliphatic carbocycles. The number of aromatic nitrogens is 2. The smallest absolute Gasteiger partial charge is 0.0949 e.